The number of carbonyl (C=O) groups excluding carboxylic acids is 1. The van der Waals surface area contributed by atoms with Crippen molar-refractivity contribution in [3.8, 4) is 16.9 Å². The first-order valence-corrected chi connectivity index (χ1v) is 15.3. The van der Waals surface area contributed by atoms with E-state index in [1.165, 1.54) is 12.1 Å². The molecular formula is C34H35BrFN3O5. The summed E-state index contributed by atoms with van der Waals surface area (Å²) in [5.74, 6) is -0.108. The van der Waals surface area contributed by atoms with E-state index in [1.54, 1.807) is 18.2 Å². The zero-order valence-corrected chi connectivity index (χ0v) is 26.1. The molecule has 1 aliphatic heterocycles. The Morgan fingerprint density at radius 3 is 2.61 bits per heavy atom. The van der Waals surface area contributed by atoms with E-state index in [0.29, 0.717) is 12.3 Å². The van der Waals surface area contributed by atoms with Gasteiger partial charge in [0.1, 0.15) is 18.2 Å². The van der Waals surface area contributed by atoms with Crippen LogP contribution in [0.25, 0.3) is 28.1 Å². The molecular weight excluding hydrogens is 629 g/mol. The predicted molar refractivity (Wildman–Crippen MR) is 173 cm³/mol. The molecule has 1 unspecified atom stereocenters. The highest BCUT2D eigenvalue weighted by Gasteiger charge is 2.24. The third-order valence-corrected chi connectivity index (χ3v) is 7.89. The molecule has 44 heavy (non-hydrogen) atoms. The zero-order valence-electron chi connectivity index (χ0n) is 24.5. The van der Waals surface area contributed by atoms with Crippen LogP contribution in [0.1, 0.15) is 38.4 Å². The molecule has 0 saturated heterocycles. The molecule has 0 radical (unpaired) electrons. The number of hydrogen-bond donors (Lipinski definition) is 3. The third kappa shape index (κ3) is 7.56. The van der Waals surface area contributed by atoms with Crippen molar-refractivity contribution < 1.29 is 28.9 Å². The van der Waals surface area contributed by atoms with Crippen LogP contribution in [0.15, 0.2) is 88.3 Å². The summed E-state index contributed by atoms with van der Waals surface area (Å²) in [6.07, 6.45) is 0.686. The molecule has 0 spiro atoms. The van der Waals surface area contributed by atoms with Crippen molar-refractivity contribution in [3.05, 3.63) is 94.9 Å². The Labute approximate surface area is 264 Å². The first-order chi connectivity index (χ1) is 21.2. The SMILES string of the molecule is CC(C)n1c(/C=C/[C@H](O)C[C@H](O)CC(=O)NC2=NCC(COc3ccccc3Br)O2)c(-c2ccc(F)cc2)c2ccccc21. The Balaban J connectivity index is 1.19. The van der Waals surface area contributed by atoms with E-state index in [-0.39, 0.29) is 43.4 Å². The summed E-state index contributed by atoms with van der Waals surface area (Å²) < 4.78 is 28.1. The van der Waals surface area contributed by atoms with Crippen molar-refractivity contribution in [2.75, 3.05) is 13.2 Å². The summed E-state index contributed by atoms with van der Waals surface area (Å²) in [5.41, 5.74) is 3.65. The summed E-state index contributed by atoms with van der Waals surface area (Å²) >= 11 is 3.43. The number of amidine groups is 1. The Bertz CT molecular complexity index is 1670. The average molecular weight is 665 g/mol. The molecule has 0 aliphatic carbocycles. The van der Waals surface area contributed by atoms with Crippen LogP contribution in [0.2, 0.25) is 0 Å². The fourth-order valence-electron chi connectivity index (χ4n) is 5.27. The van der Waals surface area contributed by atoms with Crippen LogP contribution in [-0.4, -0.2) is 58.2 Å². The molecule has 1 amide bonds. The highest BCUT2D eigenvalue weighted by atomic mass is 79.9. The quantitative estimate of drug-likeness (QED) is 0.176. The number of benzene rings is 3. The minimum atomic E-state index is -1.10. The lowest BCUT2D eigenvalue weighted by molar-refractivity contribution is -0.122. The molecule has 3 atom stereocenters. The Hall–Kier alpha value is -3.99. The molecule has 1 aliphatic rings. The number of rotatable bonds is 11. The molecule has 1 aromatic heterocycles. The Morgan fingerprint density at radius 2 is 1.86 bits per heavy atom. The van der Waals surface area contributed by atoms with Gasteiger partial charge >= 0.3 is 0 Å². The number of nitrogens with zero attached hydrogens (tertiary/aromatic N) is 2. The van der Waals surface area contributed by atoms with Gasteiger partial charge in [-0.2, -0.15) is 0 Å². The molecule has 3 aromatic carbocycles. The summed E-state index contributed by atoms with van der Waals surface area (Å²) in [6.45, 7) is 4.74. The first kappa shape index (κ1) is 31.4. The van der Waals surface area contributed by atoms with Crippen LogP contribution < -0.4 is 10.1 Å². The number of carbonyl (C=O) groups is 1. The molecule has 5 rings (SSSR count). The van der Waals surface area contributed by atoms with Gasteiger partial charge in [0, 0.05) is 34.6 Å². The average Bonchev–Trinajstić information content (AvgIpc) is 3.57. The molecule has 3 N–H and O–H groups in total. The molecule has 230 valence electrons. The van der Waals surface area contributed by atoms with Gasteiger partial charge in [-0.05, 0) is 71.7 Å². The van der Waals surface area contributed by atoms with Gasteiger partial charge in [-0.3, -0.25) is 10.1 Å². The van der Waals surface area contributed by atoms with E-state index in [2.05, 4.69) is 44.7 Å². The topological polar surface area (TPSA) is 105 Å². The van der Waals surface area contributed by atoms with Crippen molar-refractivity contribution in [1.29, 1.82) is 0 Å². The van der Waals surface area contributed by atoms with E-state index in [0.717, 1.165) is 32.2 Å². The van der Waals surface area contributed by atoms with E-state index >= 15 is 0 Å². The molecule has 2 heterocycles. The van der Waals surface area contributed by atoms with Gasteiger partial charge in [0.25, 0.3) is 6.02 Å². The third-order valence-electron chi connectivity index (χ3n) is 7.23. The van der Waals surface area contributed by atoms with E-state index in [4.69, 9.17) is 9.47 Å². The lowest BCUT2D eigenvalue weighted by Crippen LogP contribution is -2.35. The van der Waals surface area contributed by atoms with Crippen LogP contribution in [0.5, 0.6) is 5.75 Å². The maximum Gasteiger partial charge on any atom is 0.292 e. The smallest absolute Gasteiger partial charge is 0.292 e. The minimum absolute atomic E-state index is 0.0482. The second-order valence-electron chi connectivity index (χ2n) is 10.9. The predicted octanol–water partition coefficient (Wildman–Crippen LogP) is 6.26. The van der Waals surface area contributed by atoms with Crippen LogP contribution in [0, 0.1) is 5.82 Å². The van der Waals surface area contributed by atoms with Crippen LogP contribution in [0.3, 0.4) is 0 Å². The number of aromatic nitrogens is 1. The summed E-state index contributed by atoms with van der Waals surface area (Å²) in [4.78, 5) is 16.8. The number of aliphatic imine (C=N–C) groups is 1. The van der Waals surface area contributed by atoms with Crippen LogP contribution in [-0.2, 0) is 9.53 Å². The van der Waals surface area contributed by atoms with Gasteiger partial charge in [0.05, 0.1) is 29.6 Å². The molecule has 0 saturated carbocycles. The molecule has 8 nitrogen and oxygen atoms in total. The fourth-order valence-corrected chi connectivity index (χ4v) is 5.67. The number of amides is 1. The van der Waals surface area contributed by atoms with Crippen LogP contribution in [0.4, 0.5) is 4.39 Å². The second kappa shape index (κ2) is 14.2. The van der Waals surface area contributed by atoms with Crippen molar-refractivity contribution in [2.24, 2.45) is 4.99 Å². The number of nitrogens with one attached hydrogen (secondary N) is 1. The molecule has 0 bridgehead atoms. The van der Waals surface area contributed by atoms with Gasteiger partial charge in [0.2, 0.25) is 5.91 Å². The molecule has 0 fully saturated rings. The lowest BCUT2D eigenvalue weighted by atomic mass is 10.0. The highest BCUT2D eigenvalue weighted by Crippen LogP contribution is 2.38. The number of halogens is 2. The van der Waals surface area contributed by atoms with Crippen molar-refractivity contribution in [2.45, 2.75) is 51.0 Å². The number of ether oxygens (including phenoxy) is 2. The van der Waals surface area contributed by atoms with Crippen molar-refractivity contribution in [3.63, 3.8) is 0 Å². The van der Waals surface area contributed by atoms with Gasteiger partial charge < -0.3 is 24.3 Å². The lowest BCUT2D eigenvalue weighted by Gasteiger charge is -2.16. The standard InChI is InChI=1S/C34H35BrFN3O5/c1-21(2)39-29-9-5-3-7-27(29)33(22-11-13-23(36)14-12-22)30(39)16-15-24(40)17-25(41)18-32(42)38-34-37-19-26(44-34)20-43-31-10-6-4-8-28(31)35/h3-16,21,24-26,40-41H,17-20H2,1-2H3,(H,37,38,42)/b16-15+/t24-,25-,26?/m0/s1. The van der Waals surface area contributed by atoms with Crippen molar-refractivity contribution in [1.82, 2.24) is 9.88 Å². The zero-order chi connectivity index (χ0) is 31.2. The highest BCUT2D eigenvalue weighted by molar-refractivity contribution is 9.10. The van der Waals surface area contributed by atoms with Crippen molar-refractivity contribution >= 4 is 44.8 Å². The first-order valence-electron chi connectivity index (χ1n) is 14.5. The number of aliphatic hydroxyl groups excluding tert-OH is 2. The van der Waals surface area contributed by atoms with E-state index < -0.39 is 18.1 Å². The number of aliphatic hydroxyl groups is 2. The van der Waals surface area contributed by atoms with Crippen LogP contribution >= 0.6 is 15.9 Å². The minimum Gasteiger partial charge on any atom is -0.488 e. The summed E-state index contributed by atoms with van der Waals surface area (Å²) in [6, 6.07) is 22.0. The summed E-state index contributed by atoms with van der Waals surface area (Å²) in [7, 11) is 0. The van der Waals surface area contributed by atoms with Gasteiger partial charge in [0.15, 0.2) is 6.10 Å². The Kier molecular flexibility index (Phi) is 10.1. The van der Waals surface area contributed by atoms with Gasteiger partial charge in [-0.15, -0.1) is 0 Å². The maximum absolute atomic E-state index is 13.7. The number of fused-ring (bicyclic) bond motifs is 1. The van der Waals surface area contributed by atoms with Gasteiger partial charge in [-0.1, -0.05) is 48.5 Å². The summed E-state index contributed by atoms with van der Waals surface area (Å²) in [5, 5.41) is 24.9. The Morgan fingerprint density at radius 1 is 1.14 bits per heavy atom. The second-order valence-corrected chi connectivity index (χ2v) is 11.8. The number of hydrogen-bond acceptors (Lipinski definition) is 6. The fraction of sp³-hybridized carbons (Fsp3) is 0.294. The van der Waals surface area contributed by atoms with E-state index in [1.807, 2.05) is 54.6 Å². The van der Waals surface area contributed by atoms with E-state index in [9.17, 15) is 19.4 Å². The number of para-hydroxylation sites is 2. The maximum atomic E-state index is 13.7. The monoisotopic (exact) mass is 663 g/mol. The molecule has 4 aromatic rings. The molecule has 10 heteroatoms. The normalized spacial score (nSPS) is 16.2. The largest absolute Gasteiger partial charge is 0.488 e. The van der Waals surface area contributed by atoms with Gasteiger partial charge in [-0.25, -0.2) is 9.38 Å².